The molecule has 0 atom stereocenters. The molecule has 4 nitrogen and oxygen atoms in total. The first kappa shape index (κ1) is 14.1. The SMILES string of the molecule is CCc1[nH]nc(-c2ccc(Cl)cc2)c1NC(=O)C1CCC1. The Hall–Kier alpha value is -1.81. The number of aromatic amines is 1. The van der Waals surface area contributed by atoms with Gasteiger partial charge in [0, 0.05) is 16.5 Å². The summed E-state index contributed by atoms with van der Waals surface area (Å²) in [4.78, 5) is 12.2. The molecule has 3 rings (SSSR count). The maximum Gasteiger partial charge on any atom is 0.227 e. The fourth-order valence-electron chi connectivity index (χ4n) is 2.48. The summed E-state index contributed by atoms with van der Waals surface area (Å²) >= 11 is 5.93. The van der Waals surface area contributed by atoms with Gasteiger partial charge in [0.1, 0.15) is 5.69 Å². The smallest absolute Gasteiger partial charge is 0.227 e. The van der Waals surface area contributed by atoms with Gasteiger partial charge in [0.2, 0.25) is 5.91 Å². The molecule has 1 aromatic carbocycles. The summed E-state index contributed by atoms with van der Waals surface area (Å²) in [6.45, 7) is 2.04. The van der Waals surface area contributed by atoms with Crippen molar-refractivity contribution in [2.45, 2.75) is 32.6 Å². The second-order valence-electron chi connectivity index (χ2n) is 5.40. The standard InChI is InChI=1S/C16H18ClN3O/c1-2-13-15(18-16(21)11-4-3-5-11)14(20-19-13)10-6-8-12(17)9-7-10/h6-9,11H,2-5H2,1H3,(H,18,21)(H,19,20). The summed E-state index contributed by atoms with van der Waals surface area (Å²) in [5.41, 5.74) is 3.47. The van der Waals surface area contributed by atoms with Crippen molar-refractivity contribution in [3.05, 3.63) is 35.0 Å². The first-order valence-corrected chi connectivity index (χ1v) is 7.71. The number of hydrogen-bond acceptors (Lipinski definition) is 2. The van der Waals surface area contributed by atoms with Crippen LogP contribution >= 0.6 is 11.6 Å². The van der Waals surface area contributed by atoms with Gasteiger partial charge in [-0.1, -0.05) is 37.1 Å². The predicted octanol–water partition coefficient (Wildman–Crippen LogP) is 4.03. The zero-order valence-electron chi connectivity index (χ0n) is 11.9. The van der Waals surface area contributed by atoms with Gasteiger partial charge in [-0.25, -0.2) is 0 Å². The molecule has 110 valence electrons. The number of anilines is 1. The van der Waals surface area contributed by atoms with Gasteiger partial charge in [0.15, 0.2) is 0 Å². The normalized spacial score (nSPS) is 14.8. The molecule has 1 aliphatic rings. The predicted molar refractivity (Wildman–Crippen MR) is 84.4 cm³/mol. The van der Waals surface area contributed by atoms with E-state index in [2.05, 4.69) is 15.5 Å². The molecule has 1 fully saturated rings. The molecular weight excluding hydrogens is 286 g/mol. The van der Waals surface area contributed by atoms with Crippen LogP contribution in [0.2, 0.25) is 5.02 Å². The Labute approximate surface area is 128 Å². The zero-order valence-corrected chi connectivity index (χ0v) is 12.7. The van der Waals surface area contributed by atoms with Crippen LogP contribution in [0.3, 0.4) is 0 Å². The van der Waals surface area contributed by atoms with E-state index in [1.807, 2.05) is 31.2 Å². The third kappa shape index (κ3) is 2.81. The van der Waals surface area contributed by atoms with Crippen LogP contribution in [0.4, 0.5) is 5.69 Å². The van der Waals surface area contributed by atoms with E-state index in [9.17, 15) is 4.79 Å². The highest BCUT2D eigenvalue weighted by molar-refractivity contribution is 6.30. The highest BCUT2D eigenvalue weighted by atomic mass is 35.5. The van der Waals surface area contributed by atoms with Crippen LogP contribution in [0.25, 0.3) is 11.3 Å². The van der Waals surface area contributed by atoms with E-state index in [0.717, 1.165) is 48.3 Å². The molecule has 0 unspecified atom stereocenters. The molecule has 1 aromatic heterocycles. The summed E-state index contributed by atoms with van der Waals surface area (Å²) in [6, 6.07) is 7.48. The van der Waals surface area contributed by atoms with E-state index in [0.29, 0.717) is 5.02 Å². The van der Waals surface area contributed by atoms with Crippen molar-refractivity contribution in [3.8, 4) is 11.3 Å². The molecule has 21 heavy (non-hydrogen) atoms. The Kier molecular flexibility index (Phi) is 3.97. The minimum absolute atomic E-state index is 0.104. The van der Waals surface area contributed by atoms with Gasteiger partial charge in [-0.2, -0.15) is 5.10 Å². The number of carbonyl (C=O) groups is 1. The van der Waals surface area contributed by atoms with Crippen LogP contribution < -0.4 is 5.32 Å². The van der Waals surface area contributed by atoms with Crippen LogP contribution in [-0.2, 0) is 11.2 Å². The Bertz CT molecular complexity index is 644. The molecular formula is C16H18ClN3O. The minimum atomic E-state index is 0.104. The third-order valence-electron chi connectivity index (χ3n) is 4.04. The van der Waals surface area contributed by atoms with E-state index < -0.39 is 0 Å². The number of amides is 1. The summed E-state index contributed by atoms with van der Waals surface area (Å²) in [5, 5.41) is 11.1. The first-order valence-electron chi connectivity index (χ1n) is 7.33. The van der Waals surface area contributed by atoms with Gasteiger partial charge in [-0.3, -0.25) is 9.89 Å². The molecule has 2 aromatic rings. The molecule has 0 spiro atoms. The Balaban J connectivity index is 1.91. The van der Waals surface area contributed by atoms with Crippen LogP contribution in [0.15, 0.2) is 24.3 Å². The Morgan fingerprint density at radius 1 is 1.38 bits per heavy atom. The van der Waals surface area contributed by atoms with Crippen molar-refractivity contribution in [3.63, 3.8) is 0 Å². The molecule has 1 aliphatic carbocycles. The fraction of sp³-hybridized carbons (Fsp3) is 0.375. The molecule has 5 heteroatoms. The van der Waals surface area contributed by atoms with E-state index >= 15 is 0 Å². The third-order valence-corrected chi connectivity index (χ3v) is 4.29. The lowest BCUT2D eigenvalue weighted by molar-refractivity contribution is -0.122. The molecule has 1 amide bonds. The van der Waals surface area contributed by atoms with E-state index in [-0.39, 0.29) is 11.8 Å². The van der Waals surface area contributed by atoms with Crippen LogP contribution in [0.1, 0.15) is 31.9 Å². The second-order valence-corrected chi connectivity index (χ2v) is 5.84. The Morgan fingerprint density at radius 3 is 2.67 bits per heavy atom. The number of benzene rings is 1. The van der Waals surface area contributed by atoms with E-state index in [1.54, 1.807) is 0 Å². The minimum Gasteiger partial charge on any atom is -0.322 e. The molecule has 0 aliphatic heterocycles. The van der Waals surface area contributed by atoms with Gasteiger partial charge in [0.25, 0.3) is 0 Å². The fourth-order valence-corrected chi connectivity index (χ4v) is 2.61. The number of aryl methyl sites for hydroxylation is 1. The molecule has 1 heterocycles. The van der Waals surface area contributed by atoms with Gasteiger partial charge in [-0.05, 0) is 31.4 Å². The summed E-state index contributed by atoms with van der Waals surface area (Å²) in [5.74, 6) is 0.259. The van der Waals surface area contributed by atoms with Gasteiger partial charge < -0.3 is 5.32 Å². The van der Waals surface area contributed by atoms with Crippen molar-refractivity contribution in [1.29, 1.82) is 0 Å². The van der Waals surface area contributed by atoms with E-state index in [4.69, 9.17) is 11.6 Å². The monoisotopic (exact) mass is 303 g/mol. The van der Waals surface area contributed by atoms with Crippen molar-refractivity contribution >= 4 is 23.2 Å². The van der Waals surface area contributed by atoms with Crippen molar-refractivity contribution < 1.29 is 4.79 Å². The lowest BCUT2D eigenvalue weighted by atomic mass is 9.84. The van der Waals surface area contributed by atoms with Crippen LogP contribution in [-0.4, -0.2) is 16.1 Å². The first-order chi connectivity index (χ1) is 10.2. The second kappa shape index (κ2) is 5.90. The van der Waals surface area contributed by atoms with Gasteiger partial charge in [0.05, 0.1) is 11.4 Å². The lowest BCUT2D eigenvalue weighted by Gasteiger charge is -2.24. The molecule has 0 saturated heterocycles. The average Bonchev–Trinajstić information content (AvgIpc) is 2.80. The van der Waals surface area contributed by atoms with E-state index in [1.165, 1.54) is 0 Å². The topological polar surface area (TPSA) is 57.8 Å². The maximum atomic E-state index is 12.2. The number of nitrogens with one attached hydrogen (secondary N) is 2. The Morgan fingerprint density at radius 2 is 2.10 bits per heavy atom. The van der Waals surface area contributed by atoms with Crippen LogP contribution in [0.5, 0.6) is 0 Å². The van der Waals surface area contributed by atoms with Crippen molar-refractivity contribution in [2.24, 2.45) is 5.92 Å². The van der Waals surface area contributed by atoms with Gasteiger partial charge >= 0.3 is 0 Å². The maximum absolute atomic E-state index is 12.2. The largest absolute Gasteiger partial charge is 0.322 e. The molecule has 0 bridgehead atoms. The zero-order chi connectivity index (χ0) is 14.8. The highest BCUT2D eigenvalue weighted by Gasteiger charge is 2.27. The average molecular weight is 304 g/mol. The quantitative estimate of drug-likeness (QED) is 0.896. The number of aromatic nitrogens is 2. The van der Waals surface area contributed by atoms with Crippen molar-refractivity contribution in [1.82, 2.24) is 10.2 Å². The summed E-state index contributed by atoms with van der Waals surface area (Å²) in [6.07, 6.45) is 3.91. The number of H-pyrrole nitrogens is 1. The molecule has 1 saturated carbocycles. The lowest BCUT2D eigenvalue weighted by Crippen LogP contribution is -2.28. The summed E-state index contributed by atoms with van der Waals surface area (Å²) in [7, 11) is 0. The highest BCUT2D eigenvalue weighted by Crippen LogP contribution is 2.33. The van der Waals surface area contributed by atoms with Crippen molar-refractivity contribution in [2.75, 3.05) is 5.32 Å². The number of nitrogens with zero attached hydrogens (tertiary/aromatic N) is 1. The summed E-state index contributed by atoms with van der Waals surface area (Å²) < 4.78 is 0. The van der Waals surface area contributed by atoms with Crippen LogP contribution in [0, 0.1) is 5.92 Å². The molecule has 0 radical (unpaired) electrons. The molecule has 2 N–H and O–H groups in total. The van der Waals surface area contributed by atoms with Gasteiger partial charge in [-0.15, -0.1) is 0 Å². The number of carbonyl (C=O) groups excluding carboxylic acids is 1. The number of rotatable bonds is 4. The number of hydrogen-bond donors (Lipinski definition) is 2. The number of halogens is 1.